The Morgan fingerprint density at radius 2 is 1.85 bits per heavy atom. The minimum absolute atomic E-state index is 0.0983. The monoisotopic (exact) mass is 473 g/mol. The fraction of sp³-hybridized carbons (Fsp3) is 0.320. The third kappa shape index (κ3) is 4.27. The highest BCUT2D eigenvalue weighted by molar-refractivity contribution is 6.36. The van der Waals surface area contributed by atoms with Crippen LogP contribution >= 0.6 is 11.6 Å². The number of hydrogen-bond donors (Lipinski definition) is 1. The predicted molar refractivity (Wildman–Crippen MR) is 122 cm³/mol. The first-order valence-corrected chi connectivity index (χ1v) is 11.4. The minimum Gasteiger partial charge on any atom is -0.391 e. The van der Waals surface area contributed by atoms with E-state index in [0.717, 1.165) is 30.5 Å². The number of alkyl halides is 3. The van der Waals surface area contributed by atoms with Gasteiger partial charge in [-0.15, -0.1) is 0 Å². The van der Waals surface area contributed by atoms with Crippen LogP contribution in [0.25, 0.3) is 16.5 Å². The summed E-state index contributed by atoms with van der Waals surface area (Å²) in [5.41, 5.74) is 0.911. The smallest absolute Gasteiger partial charge is 0.391 e. The van der Waals surface area contributed by atoms with Crippen molar-refractivity contribution in [2.24, 2.45) is 0 Å². The van der Waals surface area contributed by atoms with Crippen molar-refractivity contribution in [3.8, 4) is 5.69 Å². The van der Waals surface area contributed by atoms with Crippen LogP contribution in [0.4, 0.5) is 13.2 Å². The number of aliphatic hydroxyl groups excluding tert-OH is 1. The van der Waals surface area contributed by atoms with Gasteiger partial charge >= 0.3 is 6.18 Å². The third-order valence-corrected chi connectivity index (χ3v) is 6.84. The number of rotatable bonds is 4. The summed E-state index contributed by atoms with van der Waals surface area (Å²) >= 11 is 6.37. The Morgan fingerprint density at radius 3 is 2.52 bits per heavy atom. The summed E-state index contributed by atoms with van der Waals surface area (Å²) in [6.45, 7) is 0. The van der Waals surface area contributed by atoms with Crippen LogP contribution < -0.4 is 0 Å². The van der Waals surface area contributed by atoms with Crippen molar-refractivity contribution in [2.75, 3.05) is 0 Å². The molecule has 4 nitrogen and oxygen atoms in total. The summed E-state index contributed by atoms with van der Waals surface area (Å²) in [5.74, 6) is 0. The zero-order valence-electron chi connectivity index (χ0n) is 17.8. The van der Waals surface area contributed by atoms with Crippen LogP contribution in [0.5, 0.6) is 0 Å². The molecule has 1 fully saturated rings. The molecule has 0 radical (unpaired) electrons. The molecule has 2 aromatic carbocycles. The lowest BCUT2D eigenvalue weighted by molar-refractivity contribution is -0.137. The van der Waals surface area contributed by atoms with Gasteiger partial charge in [0.2, 0.25) is 0 Å². The van der Waals surface area contributed by atoms with Crippen molar-refractivity contribution in [1.29, 1.82) is 0 Å². The second-order valence-electron chi connectivity index (χ2n) is 8.64. The molecule has 0 spiro atoms. The molecular formula is C25H23ClF3N3O. The van der Waals surface area contributed by atoms with Gasteiger partial charge in [0.25, 0.3) is 0 Å². The van der Waals surface area contributed by atoms with Crippen molar-refractivity contribution in [2.45, 2.75) is 50.4 Å². The van der Waals surface area contributed by atoms with Crippen LogP contribution in [0.1, 0.15) is 48.4 Å². The van der Waals surface area contributed by atoms with Gasteiger partial charge in [-0.1, -0.05) is 36.6 Å². The zero-order valence-corrected chi connectivity index (χ0v) is 18.5. The molecule has 1 saturated carbocycles. The highest BCUT2D eigenvalue weighted by Crippen LogP contribution is 2.43. The van der Waals surface area contributed by atoms with Gasteiger partial charge in [0.15, 0.2) is 0 Å². The maximum absolute atomic E-state index is 14.1. The SMILES string of the molecule is O[C@@H]1CCCC[C@H]1n1cc2cc(Cc3ccc(-n4cccn4)cc3)c(C(F)(F)F)c(Cl)c2c1. The molecule has 2 atom stereocenters. The van der Waals surface area contributed by atoms with E-state index in [1.54, 1.807) is 47.5 Å². The topological polar surface area (TPSA) is 43.0 Å². The number of aliphatic hydroxyl groups is 1. The van der Waals surface area contributed by atoms with Crippen LogP contribution in [0.2, 0.25) is 5.02 Å². The first-order valence-electron chi connectivity index (χ1n) is 11.0. The van der Waals surface area contributed by atoms with Crippen LogP contribution in [-0.2, 0) is 12.6 Å². The highest BCUT2D eigenvalue weighted by Gasteiger charge is 2.37. The van der Waals surface area contributed by atoms with E-state index >= 15 is 0 Å². The average Bonchev–Trinajstić information content (AvgIpc) is 3.44. The van der Waals surface area contributed by atoms with Gasteiger partial charge in [-0.2, -0.15) is 18.3 Å². The van der Waals surface area contributed by atoms with Crippen molar-refractivity contribution in [3.63, 3.8) is 0 Å². The Bertz CT molecular complexity index is 1260. The molecule has 0 aliphatic heterocycles. The van der Waals surface area contributed by atoms with E-state index in [2.05, 4.69) is 5.10 Å². The number of fused-ring (bicyclic) bond motifs is 1. The van der Waals surface area contributed by atoms with E-state index in [1.165, 1.54) is 0 Å². The Hall–Kier alpha value is -2.77. The minimum atomic E-state index is -4.58. The molecule has 0 amide bonds. The Balaban J connectivity index is 1.54. The molecule has 0 bridgehead atoms. The van der Waals surface area contributed by atoms with Crippen molar-refractivity contribution < 1.29 is 18.3 Å². The van der Waals surface area contributed by atoms with Crippen LogP contribution in [-0.4, -0.2) is 25.6 Å². The second-order valence-corrected chi connectivity index (χ2v) is 9.02. The quantitative estimate of drug-likeness (QED) is 0.364. The second kappa shape index (κ2) is 8.54. The molecule has 2 heterocycles. The maximum atomic E-state index is 14.1. The van der Waals surface area contributed by atoms with Gasteiger partial charge in [0.1, 0.15) is 0 Å². The van der Waals surface area contributed by atoms with E-state index < -0.39 is 17.8 Å². The zero-order chi connectivity index (χ0) is 23.2. The van der Waals surface area contributed by atoms with Gasteiger partial charge in [0, 0.05) is 35.6 Å². The van der Waals surface area contributed by atoms with Gasteiger partial charge in [-0.05, 0) is 54.7 Å². The van der Waals surface area contributed by atoms with Gasteiger partial charge in [0.05, 0.1) is 28.4 Å². The van der Waals surface area contributed by atoms with E-state index in [-0.39, 0.29) is 23.0 Å². The third-order valence-electron chi connectivity index (χ3n) is 6.44. The number of hydrogen-bond acceptors (Lipinski definition) is 2. The number of halogens is 4. The van der Waals surface area contributed by atoms with Crippen LogP contribution in [0.15, 0.2) is 61.2 Å². The molecule has 4 aromatic rings. The largest absolute Gasteiger partial charge is 0.418 e. The lowest BCUT2D eigenvalue weighted by atomic mass is 9.92. The number of nitrogens with zero attached hydrogens (tertiary/aromatic N) is 3. The van der Waals surface area contributed by atoms with Crippen LogP contribution in [0, 0.1) is 0 Å². The Labute approximate surface area is 194 Å². The van der Waals surface area contributed by atoms with Crippen molar-refractivity contribution in [3.05, 3.63) is 82.9 Å². The molecule has 172 valence electrons. The Kier molecular flexibility index (Phi) is 5.70. The fourth-order valence-electron chi connectivity index (χ4n) is 4.81. The molecule has 0 unspecified atom stereocenters. The average molecular weight is 474 g/mol. The van der Waals surface area contributed by atoms with Crippen molar-refractivity contribution >= 4 is 22.4 Å². The van der Waals surface area contributed by atoms with E-state index in [0.29, 0.717) is 17.2 Å². The van der Waals surface area contributed by atoms with Gasteiger partial charge in [-0.25, -0.2) is 4.68 Å². The normalized spacial score (nSPS) is 19.3. The summed E-state index contributed by atoms with van der Waals surface area (Å²) in [4.78, 5) is 0. The van der Waals surface area contributed by atoms with Gasteiger partial charge in [-0.3, -0.25) is 0 Å². The first kappa shape index (κ1) is 22.0. The number of benzene rings is 2. The summed E-state index contributed by atoms with van der Waals surface area (Å²) in [5, 5.41) is 15.3. The molecule has 1 aliphatic carbocycles. The molecule has 8 heteroatoms. The van der Waals surface area contributed by atoms with E-state index in [9.17, 15) is 18.3 Å². The van der Waals surface area contributed by atoms with Gasteiger partial charge < -0.3 is 9.67 Å². The molecule has 1 N–H and O–H groups in total. The van der Waals surface area contributed by atoms with E-state index in [4.69, 9.17) is 11.6 Å². The highest BCUT2D eigenvalue weighted by atomic mass is 35.5. The summed E-state index contributed by atoms with van der Waals surface area (Å²) in [6.07, 6.45) is 5.37. The molecule has 1 aliphatic rings. The fourth-order valence-corrected chi connectivity index (χ4v) is 5.20. The summed E-state index contributed by atoms with van der Waals surface area (Å²) < 4.78 is 45.7. The summed E-state index contributed by atoms with van der Waals surface area (Å²) in [7, 11) is 0. The van der Waals surface area contributed by atoms with Crippen molar-refractivity contribution in [1.82, 2.24) is 14.3 Å². The summed E-state index contributed by atoms with van der Waals surface area (Å²) in [6, 6.07) is 10.5. The lowest BCUT2D eigenvalue weighted by Gasteiger charge is -2.28. The molecule has 33 heavy (non-hydrogen) atoms. The maximum Gasteiger partial charge on any atom is 0.418 e. The lowest BCUT2D eigenvalue weighted by Crippen LogP contribution is -2.26. The first-order chi connectivity index (χ1) is 15.8. The molecule has 0 saturated heterocycles. The molecule has 5 rings (SSSR count). The van der Waals surface area contributed by atoms with E-state index in [1.807, 2.05) is 22.9 Å². The number of aromatic nitrogens is 3. The molecular weight excluding hydrogens is 451 g/mol. The molecule has 2 aromatic heterocycles. The predicted octanol–water partition coefficient (Wildman–Crippen LogP) is 6.57. The van der Waals surface area contributed by atoms with Crippen LogP contribution in [0.3, 0.4) is 0 Å². The standard InChI is InChI=1S/C25H23ClF3N3O/c26-24-20-15-31(21-4-1-2-5-22(21)33)14-18(20)13-17(23(24)25(27,28)29)12-16-6-8-19(9-7-16)32-11-3-10-30-32/h3,6-11,13-15,21-22,33H,1-2,4-5,12H2/t21-,22-/m1/s1. The Morgan fingerprint density at radius 1 is 1.09 bits per heavy atom.